The van der Waals surface area contributed by atoms with Crippen LogP contribution in [0.3, 0.4) is 0 Å². The maximum absolute atomic E-state index is 11.5. The lowest BCUT2D eigenvalue weighted by Gasteiger charge is -2.16. The Morgan fingerprint density at radius 3 is 2.87 bits per heavy atom. The number of pyridine rings is 1. The maximum atomic E-state index is 11.5. The molecule has 4 nitrogen and oxygen atoms in total. The van der Waals surface area contributed by atoms with Gasteiger partial charge in [0.05, 0.1) is 5.02 Å². The van der Waals surface area contributed by atoms with Gasteiger partial charge >= 0.3 is 6.03 Å². The second-order valence-corrected chi connectivity index (χ2v) is 3.65. The summed E-state index contributed by atoms with van der Waals surface area (Å²) in [7, 11) is 1.74. The second-order valence-electron chi connectivity index (χ2n) is 3.21. The summed E-state index contributed by atoms with van der Waals surface area (Å²) in [5.74, 6) is 0.507. The SMILES string of the molecule is CCCN(C)C(=O)Nc1ccc(Cl)cn1. The van der Waals surface area contributed by atoms with Crippen LogP contribution in [-0.4, -0.2) is 29.5 Å². The average Bonchev–Trinajstić information content (AvgIpc) is 2.22. The van der Waals surface area contributed by atoms with Gasteiger partial charge in [-0.15, -0.1) is 0 Å². The number of amides is 2. The second kappa shape index (κ2) is 5.56. The molecule has 0 saturated heterocycles. The number of carbonyl (C=O) groups excluding carboxylic acids is 1. The number of urea groups is 1. The van der Waals surface area contributed by atoms with Gasteiger partial charge in [-0.25, -0.2) is 9.78 Å². The van der Waals surface area contributed by atoms with E-state index in [0.29, 0.717) is 10.8 Å². The van der Waals surface area contributed by atoms with Crippen LogP contribution in [0, 0.1) is 0 Å². The number of carbonyl (C=O) groups is 1. The van der Waals surface area contributed by atoms with Crippen molar-refractivity contribution < 1.29 is 4.79 Å². The molecule has 0 aliphatic carbocycles. The van der Waals surface area contributed by atoms with Crippen molar-refractivity contribution in [2.24, 2.45) is 0 Å². The van der Waals surface area contributed by atoms with Crippen molar-refractivity contribution >= 4 is 23.4 Å². The molecule has 15 heavy (non-hydrogen) atoms. The summed E-state index contributed by atoms with van der Waals surface area (Å²) in [6, 6.07) is 3.19. The van der Waals surface area contributed by atoms with Gasteiger partial charge in [0.1, 0.15) is 5.82 Å². The third kappa shape index (κ3) is 3.75. The molecule has 1 heterocycles. The highest BCUT2D eigenvalue weighted by molar-refractivity contribution is 6.30. The van der Waals surface area contributed by atoms with Crippen molar-refractivity contribution in [1.29, 1.82) is 0 Å². The fourth-order valence-corrected chi connectivity index (χ4v) is 1.20. The van der Waals surface area contributed by atoms with Crippen LogP contribution in [0.4, 0.5) is 10.6 Å². The molecular formula is C10H14ClN3O. The molecule has 0 aromatic carbocycles. The van der Waals surface area contributed by atoms with E-state index in [2.05, 4.69) is 10.3 Å². The van der Waals surface area contributed by atoms with Crippen LogP contribution < -0.4 is 5.32 Å². The molecule has 1 aromatic heterocycles. The molecular weight excluding hydrogens is 214 g/mol. The number of hydrogen-bond donors (Lipinski definition) is 1. The van der Waals surface area contributed by atoms with E-state index in [0.717, 1.165) is 13.0 Å². The van der Waals surface area contributed by atoms with Crippen LogP contribution in [0.2, 0.25) is 5.02 Å². The van der Waals surface area contributed by atoms with Crippen molar-refractivity contribution in [2.45, 2.75) is 13.3 Å². The zero-order valence-electron chi connectivity index (χ0n) is 8.83. The van der Waals surface area contributed by atoms with E-state index in [1.807, 2.05) is 6.92 Å². The van der Waals surface area contributed by atoms with E-state index < -0.39 is 0 Å². The normalized spacial score (nSPS) is 9.80. The molecule has 0 atom stereocenters. The zero-order valence-corrected chi connectivity index (χ0v) is 9.58. The van der Waals surface area contributed by atoms with Crippen LogP contribution >= 0.6 is 11.6 Å². The van der Waals surface area contributed by atoms with Gasteiger partial charge in [0.15, 0.2) is 0 Å². The van der Waals surface area contributed by atoms with E-state index >= 15 is 0 Å². The van der Waals surface area contributed by atoms with Crippen molar-refractivity contribution in [3.05, 3.63) is 23.4 Å². The number of anilines is 1. The highest BCUT2D eigenvalue weighted by Crippen LogP contribution is 2.09. The molecule has 0 radical (unpaired) electrons. The number of nitrogens with zero attached hydrogens (tertiary/aromatic N) is 2. The Labute approximate surface area is 94.3 Å². The van der Waals surface area contributed by atoms with Crippen molar-refractivity contribution in [1.82, 2.24) is 9.88 Å². The van der Waals surface area contributed by atoms with Gasteiger partial charge in [0.2, 0.25) is 0 Å². The molecule has 0 aliphatic heterocycles. The Balaban J connectivity index is 2.54. The highest BCUT2D eigenvalue weighted by atomic mass is 35.5. The predicted octanol–water partition coefficient (Wildman–Crippen LogP) is 2.61. The lowest BCUT2D eigenvalue weighted by molar-refractivity contribution is 0.222. The number of nitrogens with one attached hydrogen (secondary N) is 1. The standard InChI is InChI=1S/C10H14ClN3O/c1-3-6-14(2)10(15)13-9-5-4-8(11)7-12-9/h4-5,7H,3,6H2,1-2H3,(H,12,13,15). The first-order valence-electron chi connectivity index (χ1n) is 4.77. The van der Waals surface area contributed by atoms with E-state index in [1.165, 1.54) is 6.20 Å². The Morgan fingerprint density at radius 1 is 1.60 bits per heavy atom. The van der Waals surface area contributed by atoms with Crippen LogP contribution in [0.1, 0.15) is 13.3 Å². The van der Waals surface area contributed by atoms with Crippen LogP contribution in [0.5, 0.6) is 0 Å². The Kier molecular flexibility index (Phi) is 4.37. The van der Waals surface area contributed by atoms with Crippen molar-refractivity contribution in [3.63, 3.8) is 0 Å². The Bertz CT molecular complexity index is 326. The van der Waals surface area contributed by atoms with Crippen molar-refractivity contribution in [2.75, 3.05) is 18.9 Å². The lowest BCUT2D eigenvalue weighted by atomic mass is 10.4. The first kappa shape index (κ1) is 11.8. The molecule has 5 heteroatoms. The molecule has 0 saturated carbocycles. The zero-order chi connectivity index (χ0) is 11.3. The molecule has 1 rings (SSSR count). The van der Waals surface area contributed by atoms with Gasteiger partial charge in [0, 0.05) is 19.8 Å². The van der Waals surface area contributed by atoms with E-state index in [9.17, 15) is 4.79 Å². The van der Waals surface area contributed by atoms with Crippen LogP contribution in [0.15, 0.2) is 18.3 Å². The molecule has 0 fully saturated rings. The molecule has 82 valence electrons. The Hall–Kier alpha value is -1.29. The van der Waals surface area contributed by atoms with Gasteiger partial charge in [-0.1, -0.05) is 18.5 Å². The lowest BCUT2D eigenvalue weighted by Crippen LogP contribution is -2.32. The maximum Gasteiger partial charge on any atom is 0.322 e. The summed E-state index contributed by atoms with van der Waals surface area (Å²) in [4.78, 5) is 17.1. The molecule has 0 unspecified atom stereocenters. The van der Waals surface area contributed by atoms with Gasteiger partial charge < -0.3 is 4.90 Å². The molecule has 2 amide bonds. The first-order chi connectivity index (χ1) is 7.13. The number of halogens is 1. The molecule has 1 aromatic rings. The van der Waals surface area contributed by atoms with Crippen molar-refractivity contribution in [3.8, 4) is 0 Å². The average molecular weight is 228 g/mol. The quantitative estimate of drug-likeness (QED) is 0.863. The Morgan fingerprint density at radius 2 is 2.33 bits per heavy atom. The molecule has 1 N–H and O–H groups in total. The number of aromatic nitrogens is 1. The fraction of sp³-hybridized carbons (Fsp3) is 0.400. The summed E-state index contributed by atoms with van der Waals surface area (Å²) in [6.07, 6.45) is 2.43. The smallest absolute Gasteiger partial charge is 0.322 e. The van der Waals surface area contributed by atoms with Gasteiger partial charge in [-0.05, 0) is 18.6 Å². The minimum absolute atomic E-state index is 0.160. The minimum Gasteiger partial charge on any atom is -0.328 e. The summed E-state index contributed by atoms with van der Waals surface area (Å²) in [5.41, 5.74) is 0. The van der Waals surface area contributed by atoms with Gasteiger partial charge in [-0.2, -0.15) is 0 Å². The van der Waals surface area contributed by atoms with Crippen LogP contribution in [0.25, 0.3) is 0 Å². The summed E-state index contributed by atoms with van der Waals surface area (Å²) in [5, 5.41) is 3.22. The van der Waals surface area contributed by atoms with E-state index in [-0.39, 0.29) is 6.03 Å². The third-order valence-corrected chi connectivity index (χ3v) is 2.09. The number of hydrogen-bond acceptors (Lipinski definition) is 2. The van der Waals surface area contributed by atoms with Crippen LogP contribution in [-0.2, 0) is 0 Å². The third-order valence-electron chi connectivity index (χ3n) is 1.87. The largest absolute Gasteiger partial charge is 0.328 e. The first-order valence-corrected chi connectivity index (χ1v) is 5.15. The minimum atomic E-state index is -0.160. The molecule has 0 bridgehead atoms. The summed E-state index contributed by atoms with van der Waals surface area (Å²) < 4.78 is 0. The van der Waals surface area contributed by atoms with E-state index in [4.69, 9.17) is 11.6 Å². The van der Waals surface area contributed by atoms with Gasteiger partial charge in [0.25, 0.3) is 0 Å². The van der Waals surface area contributed by atoms with Gasteiger partial charge in [-0.3, -0.25) is 5.32 Å². The fourth-order valence-electron chi connectivity index (χ4n) is 1.09. The topological polar surface area (TPSA) is 45.2 Å². The molecule has 0 spiro atoms. The monoisotopic (exact) mass is 227 g/mol. The molecule has 0 aliphatic rings. The predicted molar refractivity (Wildman–Crippen MR) is 61.2 cm³/mol. The summed E-state index contributed by atoms with van der Waals surface area (Å²) >= 11 is 5.67. The number of rotatable bonds is 3. The highest BCUT2D eigenvalue weighted by Gasteiger charge is 2.07. The van der Waals surface area contributed by atoms with E-state index in [1.54, 1.807) is 24.1 Å². The summed E-state index contributed by atoms with van der Waals surface area (Å²) in [6.45, 7) is 2.74.